The molecule has 0 saturated carbocycles. The lowest BCUT2D eigenvalue weighted by molar-refractivity contribution is 0.0696. The third-order valence-electron chi connectivity index (χ3n) is 3.17. The predicted octanol–water partition coefficient (Wildman–Crippen LogP) is 3.44. The Balaban J connectivity index is 2.34. The van der Waals surface area contributed by atoms with E-state index in [1.54, 1.807) is 20.8 Å². The minimum atomic E-state index is -1.39. The van der Waals surface area contributed by atoms with Crippen molar-refractivity contribution in [3.63, 3.8) is 0 Å². The molecule has 1 heterocycles. The van der Waals surface area contributed by atoms with Crippen LogP contribution in [0.4, 0.5) is 14.5 Å². The smallest absolute Gasteiger partial charge is 0.335 e. The van der Waals surface area contributed by atoms with E-state index in [0.717, 1.165) is 12.1 Å². The van der Waals surface area contributed by atoms with Gasteiger partial charge in [-0.3, -0.25) is 0 Å². The zero-order valence-electron chi connectivity index (χ0n) is 11.7. The number of rotatable bonds is 4. The molecular formula is C14H14F2N2O3. The van der Waals surface area contributed by atoms with Gasteiger partial charge in [-0.1, -0.05) is 5.16 Å². The molecule has 2 N–H and O–H groups in total. The average Bonchev–Trinajstić information content (AvgIpc) is 2.73. The summed E-state index contributed by atoms with van der Waals surface area (Å²) in [6.07, 6.45) is 0. The van der Waals surface area contributed by atoms with Gasteiger partial charge < -0.3 is 14.9 Å². The zero-order valence-corrected chi connectivity index (χ0v) is 11.7. The fourth-order valence-electron chi connectivity index (χ4n) is 2.23. The molecule has 7 heteroatoms. The maximum atomic E-state index is 13.9. The van der Waals surface area contributed by atoms with Gasteiger partial charge in [0.1, 0.15) is 23.1 Å². The molecule has 0 aliphatic carbocycles. The number of halogens is 2. The Morgan fingerprint density at radius 2 is 1.90 bits per heavy atom. The lowest BCUT2D eigenvalue weighted by Crippen LogP contribution is -2.12. The van der Waals surface area contributed by atoms with Gasteiger partial charge >= 0.3 is 5.97 Å². The Labute approximate surface area is 119 Å². The molecule has 1 atom stereocenters. The quantitative estimate of drug-likeness (QED) is 0.904. The molecule has 1 aromatic carbocycles. The van der Waals surface area contributed by atoms with Gasteiger partial charge in [0.05, 0.1) is 17.3 Å². The number of hydrogen-bond acceptors (Lipinski definition) is 4. The van der Waals surface area contributed by atoms with Crippen LogP contribution in [0.2, 0.25) is 0 Å². The van der Waals surface area contributed by atoms with E-state index in [1.165, 1.54) is 0 Å². The van der Waals surface area contributed by atoms with E-state index in [0.29, 0.717) is 17.0 Å². The number of benzene rings is 1. The lowest BCUT2D eigenvalue weighted by Gasteiger charge is -2.16. The third kappa shape index (κ3) is 2.86. The van der Waals surface area contributed by atoms with Gasteiger partial charge in [0.2, 0.25) is 0 Å². The van der Waals surface area contributed by atoms with Gasteiger partial charge in [0, 0.05) is 5.56 Å². The number of aromatic carboxylic acids is 1. The first kappa shape index (κ1) is 15.0. The van der Waals surface area contributed by atoms with Gasteiger partial charge in [-0.2, -0.15) is 0 Å². The third-order valence-corrected chi connectivity index (χ3v) is 3.17. The number of aromatic nitrogens is 1. The lowest BCUT2D eigenvalue weighted by atomic mass is 10.1. The highest BCUT2D eigenvalue weighted by atomic mass is 19.1. The average molecular weight is 296 g/mol. The number of carbonyl (C=O) groups is 1. The maximum absolute atomic E-state index is 13.9. The molecule has 0 bridgehead atoms. The Hall–Kier alpha value is -2.44. The summed E-state index contributed by atoms with van der Waals surface area (Å²) in [5.74, 6) is -2.77. The predicted molar refractivity (Wildman–Crippen MR) is 71.3 cm³/mol. The first-order valence-corrected chi connectivity index (χ1v) is 6.23. The monoisotopic (exact) mass is 296 g/mol. The molecular weight excluding hydrogens is 282 g/mol. The Morgan fingerprint density at radius 3 is 2.33 bits per heavy atom. The first-order chi connectivity index (χ1) is 9.81. The molecule has 2 aromatic rings. The van der Waals surface area contributed by atoms with Crippen molar-refractivity contribution in [2.75, 3.05) is 5.32 Å². The van der Waals surface area contributed by atoms with E-state index in [-0.39, 0.29) is 5.69 Å². The molecule has 0 radical (unpaired) electrons. The Bertz CT molecular complexity index is 655. The summed E-state index contributed by atoms with van der Waals surface area (Å²) >= 11 is 0. The molecule has 0 spiro atoms. The summed E-state index contributed by atoms with van der Waals surface area (Å²) in [6, 6.07) is 1.10. The van der Waals surface area contributed by atoms with Crippen LogP contribution < -0.4 is 5.32 Å². The maximum Gasteiger partial charge on any atom is 0.335 e. The van der Waals surface area contributed by atoms with Gasteiger partial charge in [-0.05, 0) is 32.9 Å². The fourth-order valence-corrected chi connectivity index (χ4v) is 2.23. The fraction of sp³-hybridized carbons (Fsp3) is 0.286. The van der Waals surface area contributed by atoms with Crippen molar-refractivity contribution in [3.8, 4) is 0 Å². The van der Waals surface area contributed by atoms with E-state index in [2.05, 4.69) is 10.5 Å². The number of carboxylic acids is 1. The van der Waals surface area contributed by atoms with Gasteiger partial charge in [-0.15, -0.1) is 0 Å². The van der Waals surface area contributed by atoms with Crippen molar-refractivity contribution in [1.82, 2.24) is 5.16 Å². The van der Waals surface area contributed by atoms with Gasteiger partial charge in [0.15, 0.2) is 0 Å². The highest BCUT2D eigenvalue weighted by Gasteiger charge is 2.20. The Kier molecular flexibility index (Phi) is 3.93. The first-order valence-electron chi connectivity index (χ1n) is 6.23. The second-order valence-corrected chi connectivity index (χ2v) is 4.72. The zero-order chi connectivity index (χ0) is 15.7. The molecule has 21 heavy (non-hydrogen) atoms. The largest absolute Gasteiger partial charge is 0.478 e. The molecule has 112 valence electrons. The highest BCUT2D eigenvalue weighted by Crippen LogP contribution is 2.28. The van der Waals surface area contributed by atoms with Gasteiger partial charge in [0.25, 0.3) is 0 Å². The number of nitrogens with zero attached hydrogens (tertiary/aromatic N) is 1. The SMILES string of the molecule is Cc1noc(C)c1C(C)Nc1c(F)cc(C(=O)O)cc1F. The summed E-state index contributed by atoms with van der Waals surface area (Å²) in [4.78, 5) is 10.7. The van der Waals surface area contributed by atoms with Crippen LogP contribution in [0.15, 0.2) is 16.7 Å². The molecule has 1 aromatic heterocycles. The van der Waals surface area contributed by atoms with E-state index >= 15 is 0 Å². The summed E-state index contributed by atoms with van der Waals surface area (Å²) < 4.78 is 32.7. The van der Waals surface area contributed by atoms with Crippen molar-refractivity contribution in [2.24, 2.45) is 0 Å². The van der Waals surface area contributed by atoms with Crippen LogP contribution in [0.5, 0.6) is 0 Å². The van der Waals surface area contributed by atoms with Crippen molar-refractivity contribution < 1.29 is 23.2 Å². The van der Waals surface area contributed by atoms with Crippen LogP contribution in [0.25, 0.3) is 0 Å². The molecule has 0 fully saturated rings. The van der Waals surface area contributed by atoms with Crippen LogP contribution in [0, 0.1) is 25.5 Å². The molecule has 0 saturated heterocycles. The molecule has 2 rings (SSSR count). The molecule has 0 aliphatic heterocycles. The number of hydrogen-bond donors (Lipinski definition) is 2. The summed E-state index contributed by atoms with van der Waals surface area (Å²) in [7, 11) is 0. The summed E-state index contributed by atoms with van der Waals surface area (Å²) in [5.41, 5.74) is 0.500. The second kappa shape index (κ2) is 5.51. The molecule has 0 amide bonds. The number of carboxylic acid groups (broad SMARTS) is 1. The van der Waals surface area contributed by atoms with Crippen LogP contribution in [0.3, 0.4) is 0 Å². The molecule has 5 nitrogen and oxygen atoms in total. The van der Waals surface area contributed by atoms with Crippen LogP contribution in [-0.4, -0.2) is 16.2 Å². The van der Waals surface area contributed by atoms with Crippen molar-refractivity contribution in [1.29, 1.82) is 0 Å². The topological polar surface area (TPSA) is 75.4 Å². The number of nitrogens with one attached hydrogen (secondary N) is 1. The summed E-state index contributed by atoms with van der Waals surface area (Å²) in [5, 5.41) is 15.2. The number of anilines is 1. The highest BCUT2D eigenvalue weighted by molar-refractivity contribution is 5.88. The van der Waals surface area contributed by atoms with Crippen molar-refractivity contribution in [2.45, 2.75) is 26.8 Å². The van der Waals surface area contributed by atoms with Crippen molar-refractivity contribution >= 4 is 11.7 Å². The standard InChI is InChI=1S/C14H14F2N2O3/c1-6(12-7(2)18-21-8(12)3)17-13-10(15)4-9(14(19)20)5-11(13)16/h4-6,17H,1-3H3,(H,19,20). The van der Waals surface area contributed by atoms with Crippen LogP contribution in [0.1, 0.15) is 40.3 Å². The van der Waals surface area contributed by atoms with Crippen LogP contribution in [-0.2, 0) is 0 Å². The number of aryl methyl sites for hydroxylation is 2. The second-order valence-electron chi connectivity index (χ2n) is 4.72. The van der Waals surface area contributed by atoms with E-state index in [1.807, 2.05) is 0 Å². The Morgan fingerprint density at radius 1 is 1.33 bits per heavy atom. The minimum Gasteiger partial charge on any atom is -0.478 e. The summed E-state index contributed by atoms with van der Waals surface area (Å²) in [6.45, 7) is 5.13. The van der Waals surface area contributed by atoms with E-state index in [4.69, 9.17) is 9.63 Å². The van der Waals surface area contributed by atoms with Gasteiger partial charge in [-0.25, -0.2) is 13.6 Å². The van der Waals surface area contributed by atoms with E-state index in [9.17, 15) is 13.6 Å². The molecule has 1 unspecified atom stereocenters. The van der Waals surface area contributed by atoms with Crippen LogP contribution >= 0.6 is 0 Å². The molecule has 0 aliphatic rings. The van der Waals surface area contributed by atoms with Crippen molar-refractivity contribution in [3.05, 3.63) is 46.3 Å². The van der Waals surface area contributed by atoms with E-state index < -0.39 is 29.2 Å². The normalized spacial score (nSPS) is 12.2. The minimum absolute atomic E-state index is 0.382.